The number of morpholine rings is 1. The lowest BCUT2D eigenvalue weighted by molar-refractivity contribution is -0.125. The molecule has 1 atom stereocenters. The Morgan fingerprint density at radius 1 is 1.50 bits per heavy atom. The van der Waals surface area contributed by atoms with Gasteiger partial charge in [-0.15, -0.1) is 0 Å². The molecule has 26 heavy (non-hydrogen) atoms. The molecule has 2 aromatic heterocycles. The Bertz CT molecular complexity index is 858. The molecule has 2 amide bonds. The number of hydrogen-bond donors (Lipinski definition) is 2. The van der Waals surface area contributed by atoms with Crippen LogP contribution in [0.2, 0.25) is 0 Å². The summed E-state index contributed by atoms with van der Waals surface area (Å²) in [4.78, 5) is 25.5. The normalized spacial score (nSPS) is 16.8. The van der Waals surface area contributed by atoms with Gasteiger partial charge in [0, 0.05) is 6.54 Å². The fourth-order valence-electron chi connectivity index (χ4n) is 2.71. The van der Waals surface area contributed by atoms with Gasteiger partial charge in [0.05, 0.1) is 47.5 Å². The van der Waals surface area contributed by atoms with Crippen molar-refractivity contribution in [3.05, 3.63) is 24.0 Å². The number of ether oxygens (including phenoxy) is 1. The molecule has 0 spiro atoms. The van der Waals surface area contributed by atoms with Crippen LogP contribution in [0.4, 0.5) is 15.8 Å². The van der Waals surface area contributed by atoms with Crippen LogP contribution in [0.15, 0.2) is 18.5 Å². The molecule has 1 fully saturated rings. The third kappa shape index (κ3) is 3.34. The van der Waals surface area contributed by atoms with Gasteiger partial charge in [0.15, 0.2) is 0 Å². The molecule has 0 unspecified atom stereocenters. The number of halogens is 1. The minimum atomic E-state index is -1.52. The Morgan fingerprint density at radius 3 is 2.85 bits per heavy atom. The van der Waals surface area contributed by atoms with Crippen molar-refractivity contribution in [2.24, 2.45) is 5.73 Å². The van der Waals surface area contributed by atoms with Crippen LogP contribution in [0, 0.1) is 0 Å². The fraction of sp³-hybridized carbons (Fsp3) is 0.471. The Labute approximate surface area is 150 Å². The monoisotopic (exact) mass is 363 g/mol. The van der Waals surface area contributed by atoms with E-state index in [2.05, 4.69) is 10.4 Å². The van der Waals surface area contributed by atoms with Crippen molar-refractivity contribution in [1.82, 2.24) is 9.61 Å². The van der Waals surface area contributed by atoms with Gasteiger partial charge >= 0.3 is 0 Å². The van der Waals surface area contributed by atoms with Crippen molar-refractivity contribution >= 4 is 28.7 Å². The Hall–Kier alpha value is -2.68. The predicted octanol–water partition coefficient (Wildman–Crippen LogP) is 1.34. The number of primary amides is 1. The zero-order valence-electron chi connectivity index (χ0n) is 15.0. The maximum absolute atomic E-state index is 14.3. The lowest BCUT2D eigenvalue weighted by Crippen LogP contribution is -2.41. The highest BCUT2D eigenvalue weighted by Gasteiger charge is 2.28. The third-order valence-electron chi connectivity index (χ3n) is 4.58. The van der Waals surface area contributed by atoms with Gasteiger partial charge in [-0.1, -0.05) is 0 Å². The lowest BCUT2D eigenvalue weighted by Gasteiger charge is -2.26. The highest BCUT2D eigenvalue weighted by Crippen LogP contribution is 2.30. The van der Waals surface area contributed by atoms with E-state index < -0.39 is 17.6 Å². The van der Waals surface area contributed by atoms with E-state index in [4.69, 9.17) is 10.5 Å². The van der Waals surface area contributed by atoms with Crippen molar-refractivity contribution < 1.29 is 18.7 Å². The van der Waals surface area contributed by atoms with Crippen LogP contribution < -0.4 is 16.0 Å². The Kier molecular flexibility index (Phi) is 4.57. The first-order valence-corrected chi connectivity index (χ1v) is 8.33. The summed E-state index contributed by atoms with van der Waals surface area (Å²) in [6.07, 6.45) is 3.01. The molecule has 3 heterocycles. The number of hydrogen-bond acceptors (Lipinski definition) is 5. The number of nitrogens with one attached hydrogen (secondary N) is 1. The molecule has 1 aliphatic heterocycles. The van der Waals surface area contributed by atoms with E-state index in [1.54, 1.807) is 24.1 Å². The van der Waals surface area contributed by atoms with Gasteiger partial charge in [-0.05, 0) is 26.8 Å². The van der Waals surface area contributed by atoms with E-state index in [0.717, 1.165) is 0 Å². The summed E-state index contributed by atoms with van der Waals surface area (Å²) in [5, 5.41) is 7.22. The topological polar surface area (TPSA) is 102 Å². The van der Waals surface area contributed by atoms with E-state index in [1.807, 2.05) is 0 Å². The quantitative estimate of drug-likeness (QED) is 0.835. The second kappa shape index (κ2) is 6.56. The van der Waals surface area contributed by atoms with Crippen LogP contribution in [0.25, 0.3) is 5.52 Å². The van der Waals surface area contributed by atoms with Gasteiger partial charge in [-0.2, -0.15) is 5.10 Å². The largest absolute Gasteiger partial charge is 0.377 e. The first-order valence-electron chi connectivity index (χ1n) is 8.33. The minimum Gasteiger partial charge on any atom is -0.377 e. The summed E-state index contributed by atoms with van der Waals surface area (Å²) < 4.78 is 21.0. The molecular weight excluding hydrogens is 341 g/mol. The molecule has 0 aliphatic carbocycles. The van der Waals surface area contributed by atoms with Gasteiger partial charge in [-0.25, -0.2) is 8.91 Å². The summed E-state index contributed by atoms with van der Waals surface area (Å²) in [6.45, 7) is 5.46. The molecule has 8 nitrogen and oxygen atoms in total. The van der Waals surface area contributed by atoms with E-state index in [9.17, 15) is 14.0 Å². The second-order valence-electron chi connectivity index (χ2n) is 6.85. The van der Waals surface area contributed by atoms with E-state index in [1.165, 1.54) is 24.6 Å². The molecule has 0 bridgehead atoms. The van der Waals surface area contributed by atoms with Gasteiger partial charge in [0.1, 0.15) is 12.3 Å². The van der Waals surface area contributed by atoms with Gasteiger partial charge in [0.25, 0.3) is 11.8 Å². The van der Waals surface area contributed by atoms with E-state index >= 15 is 0 Å². The summed E-state index contributed by atoms with van der Waals surface area (Å²) in [6, 6.07) is 1.14. The van der Waals surface area contributed by atoms with E-state index in [-0.39, 0.29) is 18.1 Å². The van der Waals surface area contributed by atoms with Crippen molar-refractivity contribution in [3.63, 3.8) is 0 Å². The maximum Gasteiger partial charge on any atom is 0.253 e. The number of nitrogens with two attached hydrogens (primary N) is 1. The predicted molar refractivity (Wildman–Crippen MR) is 95.2 cm³/mol. The molecule has 9 heteroatoms. The van der Waals surface area contributed by atoms with Crippen LogP contribution >= 0.6 is 0 Å². The summed E-state index contributed by atoms with van der Waals surface area (Å²) in [5.41, 5.74) is 5.64. The smallest absolute Gasteiger partial charge is 0.253 e. The first-order chi connectivity index (χ1) is 12.2. The number of alkyl halides is 1. The molecule has 2 aromatic rings. The number of carbonyl (C=O) groups excluding carboxylic acids is 2. The maximum atomic E-state index is 14.3. The van der Waals surface area contributed by atoms with Crippen LogP contribution in [-0.2, 0) is 9.53 Å². The number of amides is 2. The lowest BCUT2D eigenvalue weighted by atomic mass is 10.0. The molecule has 3 N–H and O–H groups in total. The molecule has 140 valence electrons. The van der Waals surface area contributed by atoms with Crippen LogP contribution in [-0.4, -0.2) is 52.9 Å². The van der Waals surface area contributed by atoms with Crippen molar-refractivity contribution in [2.75, 3.05) is 30.0 Å². The van der Waals surface area contributed by atoms with Gasteiger partial charge in [-0.3, -0.25) is 9.59 Å². The number of fused-ring (bicyclic) bond motifs is 1. The highest BCUT2D eigenvalue weighted by molar-refractivity contribution is 6.03. The molecule has 3 rings (SSSR count). The number of nitrogens with zero attached hydrogens (tertiary/aromatic N) is 3. The molecule has 1 aliphatic rings. The molecule has 0 aromatic carbocycles. The number of carbonyl (C=O) groups is 2. The molecule has 0 saturated carbocycles. The highest BCUT2D eigenvalue weighted by atomic mass is 19.1. The van der Waals surface area contributed by atoms with Crippen LogP contribution in [0.1, 0.15) is 31.1 Å². The van der Waals surface area contributed by atoms with Crippen molar-refractivity contribution in [3.8, 4) is 0 Å². The van der Waals surface area contributed by atoms with E-state index in [0.29, 0.717) is 30.0 Å². The molecule has 0 radical (unpaired) electrons. The van der Waals surface area contributed by atoms with Crippen molar-refractivity contribution in [2.45, 2.75) is 32.5 Å². The Morgan fingerprint density at radius 2 is 2.23 bits per heavy atom. The average Bonchev–Trinajstić information content (AvgIpc) is 2.98. The van der Waals surface area contributed by atoms with Gasteiger partial charge < -0.3 is 20.7 Å². The first kappa shape index (κ1) is 18.1. The van der Waals surface area contributed by atoms with Crippen LogP contribution in [0.5, 0.6) is 0 Å². The fourth-order valence-corrected chi connectivity index (χ4v) is 2.71. The average molecular weight is 363 g/mol. The molecular formula is C17H22FN5O3. The minimum absolute atomic E-state index is 0.0182. The number of aromatic nitrogens is 2. The van der Waals surface area contributed by atoms with Gasteiger partial charge in [0.2, 0.25) is 0 Å². The van der Waals surface area contributed by atoms with Crippen molar-refractivity contribution in [1.29, 1.82) is 0 Å². The van der Waals surface area contributed by atoms with Crippen LogP contribution in [0.3, 0.4) is 0 Å². The summed E-state index contributed by atoms with van der Waals surface area (Å²) >= 11 is 0. The Balaban J connectivity index is 2.08. The molecule has 1 saturated heterocycles. The zero-order valence-corrected chi connectivity index (χ0v) is 15.0. The number of anilines is 2. The SMILES string of the molecule is C[C@@H](Nc1c(C(N)=O)cnn2cc(N3CCOCC3=O)cc12)C(C)(C)F. The second-order valence-corrected chi connectivity index (χ2v) is 6.85. The number of rotatable bonds is 5. The standard InChI is InChI=1S/C17H22FN5O3/c1-10(17(2,3)18)21-15-12(16(19)25)7-20-23-8-11(6-13(15)23)22-4-5-26-9-14(22)24/h6-8,10,21H,4-5,9H2,1-3H3,(H2,19,25)/t10-/m1/s1. The zero-order chi connectivity index (χ0) is 19.1. The summed E-state index contributed by atoms with van der Waals surface area (Å²) in [7, 11) is 0. The summed E-state index contributed by atoms with van der Waals surface area (Å²) in [5.74, 6) is -0.827. The third-order valence-corrected chi connectivity index (χ3v) is 4.58.